The molecule has 0 spiro atoms. The highest BCUT2D eigenvalue weighted by atomic mass is 16.3. The molecule has 0 amide bonds. The van der Waals surface area contributed by atoms with E-state index in [1.54, 1.807) is 0 Å². The molecule has 2 N–H and O–H groups in total. The number of H-pyrrole nitrogens is 1. The number of nitrogens with zero attached hydrogens (tertiary/aromatic N) is 1. The summed E-state index contributed by atoms with van der Waals surface area (Å²) in [4.78, 5) is 19.3. The summed E-state index contributed by atoms with van der Waals surface area (Å²) in [6, 6.07) is 7.67. The van der Waals surface area contributed by atoms with Gasteiger partial charge >= 0.3 is 0 Å². The molecule has 1 fully saturated rings. The van der Waals surface area contributed by atoms with E-state index in [9.17, 15) is 9.90 Å². The molecule has 0 saturated heterocycles. The molecule has 0 unspecified atom stereocenters. The zero-order valence-electron chi connectivity index (χ0n) is 11.5. The molecule has 20 heavy (non-hydrogen) atoms. The lowest BCUT2D eigenvalue weighted by molar-refractivity contribution is 0.436. The molecule has 1 saturated carbocycles. The van der Waals surface area contributed by atoms with Crippen LogP contribution in [0.5, 0.6) is 5.88 Å². The minimum Gasteiger partial charge on any atom is -0.493 e. The van der Waals surface area contributed by atoms with Crippen molar-refractivity contribution in [2.45, 2.75) is 38.5 Å². The molecule has 4 heteroatoms. The molecule has 1 heterocycles. The Morgan fingerprint density at radius 3 is 2.60 bits per heavy atom. The molecule has 0 bridgehead atoms. The number of aromatic nitrogens is 2. The summed E-state index contributed by atoms with van der Waals surface area (Å²) < 4.78 is 0. The number of nitrogens with one attached hydrogen (secondary N) is 1. The second-order valence-electron chi connectivity index (χ2n) is 5.45. The third-order valence-electron chi connectivity index (χ3n) is 4.10. The second kappa shape index (κ2) is 5.12. The van der Waals surface area contributed by atoms with E-state index in [-0.39, 0.29) is 17.4 Å². The van der Waals surface area contributed by atoms with Gasteiger partial charge in [0.2, 0.25) is 5.88 Å². The number of aryl methyl sites for hydroxylation is 1. The van der Waals surface area contributed by atoms with Crippen LogP contribution in [-0.4, -0.2) is 15.1 Å². The fourth-order valence-corrected chi connectivity index (χ4v) is 3.02. The highest BCUT2D eigenvalue weighted by molar-refractivity contribution is 5.60. The highest BCUT2D eigenvalue weighted by Gasteiger charge is 2.24. The number of aromatic hydroxyl groups is 1. The van der Waals surface area contributed by atoms with Crippen molar-refractivity contribution in [1.82, 2.24) is 9.97 Å². The quantitative estimate of drug-likeness (QED) is 0.881. The van der Waals surface area contributed by atoms with Gasteiger partial charge in [-0.25, -0.2) is 0 Å². The van der Waals surface area contributed by atoms with Gasteiger partial charge in [0, 0.05) is 5.56 Å². The molecule has 0 radical (unpaired) electrons. The van der Waals surface area contributed by atoms with Gasteiger partial charge < -0.3 is 10.1 Å². The van der Waals surface area contributed by atoms with Crippen LogP contribution in [0, 0.1) is 6.92 Å². The van der Waals surface area contributed by atoms with Crippen LogP contribution >= 0.6 is 0 Å². The number of benzene rings is 1. The third kappa shape index (κ3) is 2.22. The Bertz CT molecular complexity index is 685. The van der Waals surface area contributed by atoms with Crippen LogP contribution in [0.15, 0.2) is 29.1 Å². The molecular formula is C16H18N2O2. The molecule has 0 atom stereocenters. The van der Waals surface area contributed by atoms with Crippen molar-refractivity contribution in [2.24, 2.45) is 0 Å². The Kier molecular flexibility index (Phi) is 3.30. The van der Waals surface area contributed by atoms with Gasteiger partial charge in [-0.15, -0.1) is 0 Å². The van der Waals surface area contributed by atoms with E-state index in [2.05, 4.69) is 9.97 Å². The minimum atomic E-state index is -0.206. The summed E-state index contributed by atoms with van der Waals surface area (Å²) in [5, 5.41) is 10.2. The average molecular weight is 270 g/mol. The Morgan fingerprint density at radius 2 is 1.95 bits per heavy atom. The maximum absolute atomic E-state index is 12.3. The van der Waals surface area contributed by atoms with Crippen LogP contribution in [0.4, 0.5) is 0 Å². The van der Waals surface area contributed by atoms with Crippen LogP contribution in [0.1, 0.15) is 42.7 Å². The van der Waals surface area contributed by atoms with Gasteiger partial charge in [0.05, 0.1) is 5.56 Å². The number of rotatable bonds is 2. The summed E-state index contributed by atoms with van der Waals surface area (Å²) in [6.07, 6.45) is 4.15. The van der Waals surface area contributed by atoms with Crippen LogP contribution in [0.25, 0.3) is 11.4 Å². The van der Waals surface area contributed by atoms with Crippen LogP contribution in [0.3, 0.4) is 0 Å². The van der Waals surface area contributed by atoms with Gasteiger partial charge in [0.25, 0.3) is 5.56 Å². The smallest absolute Gasteiger partial charge is 0.258 e. The molecule has 1 aromatic heterocycles. The number of hydrogen-bond acceptors (Lipinski definition) is 3. The van der Waals surface area contributed by atoms with E-state index in [0.29, 0.717) is 11.4 Å². The van der Waals surface area contributed by atoms with E-state index in [1.807, 2.05) is 31.2 Å². The van der Waals surface area contributed by atoms with Gasteiger partial charge in [-0.1, -0.05) is 37.1 Å². The monoisotopic (exact) mass is 270 g/mol. The Morgan fingerprint density at radius 1 is 1.25 bits per heavy atom. The summed E-state index contributed by atoms with van der Waals surface area (Å²) in [5.41, 5.74) is 2.11. The lowest BCUT2D eigenvalue weighted by Gasteiger charge is -2.11. The van der Waals surface area contributed by atoms with Crippen molar-refractivity contribution >= 4 is 0 Å². The molecular weight excluding hydrogens is 252 g/mol. The predicted molar refractivity (Wildman–Crippen MR) is 77.9 cm³/mol. The van der Waals surface area contributed by atoms with Crippen LogP contribution < -0.4 is 5.56 Å². The molecule has 3 rings (SSSR count). The predicted octanol–water partition coefficient (Wildman–Crippen LogP) is 3.11. The van der Waals surface area contributed by atoms with Crippen molar-refractivity contribution in [1.29, 1.82) is 0 Å². The SMILES string of the molecule is Cc1ccccc1-c1nc(O)c(C2CCCC2)c(=O)[nH]1. The Hall–Kier alpha value is -2.10. The van der Waals surface area contributed by atoms with Crippen LogP contribution in [-0.2, 0) is 0 Å². The van der Waals surface area contributed by atoms with E-state index < -0.39 is 0 Å². The van der Waals surface area contributed by atoms with E-state index >= 15 is 0 Å². The molecule has 0 aliphatic heterocycles. The van der Waals surface area contributed by atoms with Gasteiger partial charge in [-0.2, -0.15) is 4.98 Å². The largest absolute Gasteiger partial charge is 0.493 e. The van der Waals surface area contributed by atoms with Crippen molar-refractivity contribution in [2.75, 3.05) is 0 Å². The van der Waals surface area contributed by atoms with E-state index in [1.165, 1.54) is 0 Å². The zero-order chi connectivity index (χ0) is 14.1. The summed E-state index contributed by atoms with van der Waals surface area (Å²) in [5.74, 6) is 0.475. The number of aromatic amines is 1. The van der Waals surface area contributed by atoms with Crippen molar-refractivity contribution in [3.05, 3.63) is 45.7 Å². The Balaban J connectivity index is 2.08. The third-order valence-corrected chi connectivity index (χ3v) is 4.10. The van der Waals surface area contributed by atoms with Gasteiger partial charge in [-0.3, -0.25) is 4.79 Å². The Labute approximate surface area is 117 Å². The lowest BCUT2D eigenvalue weighted by atomic mass is 9.99. The first kappa shape index (κ1) is 12.9. The molecule has 104 valence electrons. The van der Waals surface area contributed by atoms with Gasteiger partial charge in [0.1, 0.15) is 5.82 Å². The van der Waals surface area contributed by atoms with Crippen molar-refractivity contribution in [3.8, 4) is 17.3 Å². The first-order chi connectivity index (χ1) is 9.66. The second-order valence-corrected chi connectivity index (χ2v) is 5.45. The average Bonchev–Trinajstić information content (AvgIpc) is 2.92. The van der Waals surface area contributed by atoms with Gasteiger partial charge in [-0.05, 0) is 31.2 Å². The van der Waals surface area contributed by atoms with Crippen LogP contribution in [0.2, 0.25) is 0 Å². The summed E-state index contributed by atoms with van der Waals surface area (Å²) in [6.45, 7) is 1.96. The summed E-state index contributed by atoms with van der Waals surface area (Å²) in [7, 11) is 0. The normalized spacial score (nSPS) is 15.7. The highest BCUT2D eigenvalue weighted by Crippen LogP contribution is 2.36. The van der Waals surface area contributed by atoms with E-state index in [4.69, 9.17) is 0 Å². The first-order valence-corrected chi connectivity index (χ1v) is 7.06. The van der Waals surface area contributed by atoms with Crippen molar-refractivity contribution < 1.29 is 5.11 Å². The zero-order valence-corrected chi connectivity index (χ0v) is 11.5. The fraction of sp³-hybridized carbons (Fsp3) is 0.375. The molecule has 4 nitrogen and oxygen atoms in total. The number of hydrogen-bond donors (Lipinski definition) is 2. The molecule has 1 aromatic carbocycles. The molecule has 1 aliphatic rings. The molecule has 1 aliphatic carbocycles. The van der Waals surface area contributed by atoms with Crippen molar-refractivity contribution in [3.63, 3.8) is 0 Å². The fourth-order valence-electron chi connectivity index (χ4n) is 3.02. The maximum atomic E-state index is 12.3. The van der Waals surface area contributed by atoms with Gasteiger partial charge in [0.15, 0.2) is 0 Å². The standard InChI is InChI=1S/C16H18N2O2/c1-10-6-2-5-9-12(10)14-17-15(19)13(16(20)18-14)11-7-3-4-8-11/h2,5-6,9,11H,3-4,7-8H2,1H3,(H2,17,18,19,20). The topological polar surface area (TPSA) is 66.0 Å². The first-order valence-electron chi connectivity index (χ1n) is 7.06. The minimum absolute atomic E-state index is 0.112. The maximum Gasteiger partial charge on any atom is 0.258 e. The lowest BCUT2D eigenvalue weighted by Crippen LogP contribution is -2.17. The summed E-state index contributed by atoms with van der Waals surface area (Å²) >= 11 is 0. The molecule has 2 aromatic rings. The van der Waals surface area contributed by atoms with E-state index in [0.717, 1.165) is 36.8 Å².